The van der Waals surface area contributed by atoms with Crippen LogP contribution in [0.25, 0.3) is 0 Å². The average Bonchev–Trinajstić information content (AvgIpc) is 3.30. The van der Waals surface area contributed by atoms with Crippen LogP contribution >= 0.6 is 0 Å². The van der Waals surface area contributed by atoms with Crippen molar-refractivity contribution < 1.29 is 19.1 Å². The molecule has 0 radical (unpaired) electrons. The Morgan fingerprint density at radius 1 is 1.12 bits per heavy atom. The number of benzene rings is 1. The topological polar surface area (TPSA) is 59.1 Å². The normalized spacial score (nSPS) is 35.0. The Labute approximate surface area is 153 Å². The SMILES string of the molecule is COc1ccc(N2CCN(C(=O)[C@H]3[C@@H]4C[C@@H]5[C@H]3C(=O)O[C@@H]5C4)CC2)cc1. The summed E-state index contributed by atoms with van der Waals surface area (Å²) in [5.74, 6) is 1.21. The lowest BCUT2D eigenvalue weighted by molar-refractivity contribution is -0.148. The van der Waals surface area contributed by atoms with Gasteiger partial charge in [0.25, 0.3) is 0 Å². The van der Waals surface area contributed by atoms with Crippen LogP contribution in [-0.4, -0.2) is 56.2 Å². The molecular formula is C20H24N2O4. The monoisotopic (exact) mass is 356 g/mol. The van der Waals surface area contributed by atoms with E-state index in [9.17, 15) is 9.59 Å². The summed E-state index contributed by atoms with van der Waals surface area (Å²) in [5.41, 5.74) is 1.15. The van der Waals surface area contributed by atoms with E-state index in [4.69, 9.17) is 9.47 Å². The standard InChI is InChI=1S/C20H24N2O4/c1-25-14-4-2-13(3-5-14)21-6-8-22(9-7-21)19(23)17-12-10-15-16(11-12)26-20(24)18(15)17/h2-5,12,15-18H,6-11H2,1H3/t12-,15+,16-,17+,18-/m1/s1. The van der Waals surface area contributed by atoms with Crippen molar-refractivity contribution in [1.29, 1.82) is 0 Å². The molecule has 26 heavy (non-hydrogen) atoms. The first-order chi connectivity index (χ1) is 12.7. The molecule has 1 aromatic carbocycles. The van der Waals surface area contributed by atoms with Gasteiger partial charge in [0, 0.05) is 37.8 Å². The molecule has 1 amide bonds. The Morgan fingerprint density at radius 2 is 1.85 bits per heavy atom. The number of amides is 1. The Balaban J connectivity index is 1.24. The van der Waals surface area contributed by atoms with E-state index in [-0.39, 0.29) is 29.8 Å². The van der Waals surface area contributed by atoms with E-state index in [2.05, 4.69) is 17.0 Å². The van der Waals surface area contributed by atoms with Gasteiger partial charge in [-0.1, -0.05) is 0 Å². The van der Waals surface area contributed by atoms with Crippen molar-refractivity contribution in [2.24, 2.45) is 23.7 Å². The minimum atomic E-state index is -0.175. The number of fused-ring (bicyclic) bond motifs is 1. The summed E-state index contributed by atoms with van der Waals surface area (Å²) < 4.78 is 10.7. The van der Waals surface area contributed by atoms with Crippen molar-refractivity contribution in [2.75, 3.05) is 38.2 Å². The maximum Gasteiger partial charge on any atom is 0.310 e. The first-order valence-corrected chi connectivity index (χ1v) is 9.54. The van der Waals surface area contributed by atoms with Crippen molar-refractivity contribution in [3.63, 3.8) is 0 Å². The lowest BCUT2D eigenvalue weighted by Gasteiger charge is -2.38. The van der Waals surface area contributed by atoms with Crippen LogP contribution < -0.4 is 9.64 Å². The molecule has 5 rings (SSSR count). The number of methoxy groups -OCH3 is 1. The molecule has 2 aliphatic carbocycles. The van der Waals surface area contributed by atoms with E-state index in [1.165, 1.54) is 0 Å². The number of esters is 1. The van der Waals surface area contributed by atoms with Gasteiger partial charge >= 0.3 is 5.97 Å². The van der Waals surface area contributed by atoms with Gasteiger partial charge in [-0.25, -0.2) is 0 Å². The van der Waals surface area contributed by atoms with Gasteiger partial charge in [-0.05, 0) is 43.0 Å². The van der Waals surface area contributed by atoms with Crippen LogP contribution in [-0.2, 0) is 14.3 Å². The van der Waals surface area contributed by atoms with Crippen molar-refractivity contribution in [3.05, 3.63) is 24.3 Å². The van der Waals surface area contributed by atoms with Gasteiger partial charge in [-0.2, -0.15) is 0 Å². The zero-order valence-electron chi connectivity index (χ0n) is 15.0. The van der Waals surface area contributed by atoms with E-state index >= 15 is 0 Å². The summed E-state index contributed by atoms with van der Waals surface area (Å²) in [6.45, 7) is 3.06. The molecule has 4 fully saturated rings. The molecule has 1 aromatic rings. The van der Waals surface area contributed by atoms with E-state index in [0.717, 1.165) is 37.4 Å². The second-order valence-corrected chi connectivity index (χ2v) is 7.93. The van der Waals surface area contributed by atoms with Gasteiger partial charge in [-0.15, -0.1) is 0 Å². The fourth-order valence-corrected chi connectivity index (χ4v) is 5.53. The van der Waals surface area contributed by atoms with E-state index in [1.54, 1.807) is 7.11 Å². The summed E-state index contributed by atoms with van der Waals surface area (Å²) in [6.07, 6.45) is 1.96. The van der Waals surface area contributed by atoms with Crippen molar-refractivity contribution in [3.8, 4) is 5.75 Å². The van der Waals surface area contributed by atoms with Crippen LogP contribution in [0.3, 0.4) is 0 Å². The Morgan fingerprint density at radius 3 is 2.54 bits per heavy atom. The van der Waals surface area contributed by atoms with Crippen LogP contribution in [0.1, 0.15) is 12.8 Å². The molecule has 0 N–H and O–H groups in total. The fourth-order valence-electron chi connectivity index (χ4n) is 5.53. The first-order valence-electron chi connectivity index (χ1n) is 9.54. The van der Waals surface area contributed by atoms with Gasteiger partial charge in [0.1, 0.15) is 11.9 Å². The summed E-state index contributed by atoms with van der Waals surface area (Å²) in [7, 11) is 1.66. The predicted molar refractivity (Wildman–Crippen MR) is 94.9 cm³/mol. The van der Waals surface area contributed by atoms with Gasteiger partial charge in [0.2, 0.25) is 5.91 Å². The largest absolute Gasteiger partial charge is 0.497 e. The number of ether oxygens (including phenoxy) is 2. The number of carbonyl (C=O) groups excluding carboxylic acids is 2. The summed E-state index contributed by atoms with van der Waals surface area (Å²) in [4.78, 5) is 29.6. The van der Waals surface area contributed by atoms with Gasteiger partial charge in [0.05, 0.1) is 18.9 Å². The van der Waals surface area contributed by atoms with E-state index in [1.807, 2.05) is 17.0 Å². The van der Waals surface area contributed by atoms with Crippen molar-refractivity contribution in [2.45, 2.75) is 18.9 Å². The summed E-state index contributed by atoms with van der Waals surface area (Å²) >= 11 is 0. The lowest BCUT2D eigenvalue weighted by Crippen LogP contribution is -2.52. The molecular weight excluding hydrogens is 332 g/mol. The zero-order valence-corrected chi connectivity index (χ0v) is 15.0. The highest BCUT2D eigenvalue weighted by atomic mass is 16.6. The zero-order chi connectivity index (χ0) is 17.8. The van der Waals surface area contributed by atoms with Gasteiger partial charge in [-0.3, -0.25) is 9.59 Å². The van der Waals surface area contributed by atoms with Crippen LogP contribution in [0.15, 0.2) is 24.3 Å². The molecule has 138 valence electrons. The lowest BCUT2D eigenvalue weighted by atomic mass is 9.79. The van der Waals surface area contributed by atoms with E-state index in [0.29, 0.717) is 24.9 Å². The van der Waals surface area contributed by atoms with Crippen molar-refractivity contribution in [1.82, 2.24) is 4.90 Å². The second-order valence-electron chi connectivity index (χ2n) is 7.93. The van der Waals surface area contributed by atoms with Gasteiger partial charge in [0.15, 0.2) is 0 Å². The van der Waals surface area contributed by atoms with E-state index < -0.39 is 0 Å². The number of carbonyl (C=O) groups is 2. The highest BCUT2D eigenvalue weighted by Crippen LogP contribution is 2.58. The third-order valence-electron chi connectivity index (χ3n) is 6.80. The third kappa shape index (κ3) is 2.31. The molecule has 0 aromatic heterocycles. The molecule has 2 saturated carbocycles. The molecule has 0 unspecified atom stereocenters. The number of anilines is 1. The number of nitrogens with zero attached hydrogens (tertiary/aromatic N) is 2. The molecule has 0 spiro atoms. The Hall–Kier alpha value is -2.24. The predicted octanol–water partition coefficient (Wildman–Crippen LogP) is 1.54. The number of hydrogen-bond acceptors (Lipinski definition) is 5. The number of hydrogen-bond donors (Lipinski definition) is 0. The highest BCUT2D eigenvalue weighted by molar-refractivity contribution is 5.88. The van der Waals surface area contributed by atoms with Crippen LogP contribution in [0.4, 0.5) is 5.69 Å². The molecule has 6 nitrogen and oxygen atoms in total. The second kappa shape index (κ2) is 5.89. The Bertz CT molecular complexity index is 724. The maximum atomic E-state index is 13.1. The highest BCUT2D eigenvalue weighted by Gasteiger charge is 2.64. The fraction of sp³-hybridized carbons (Fsp3) is 0.600. The minimum absolute atomic E-state index is 0.0912. The minimum Gasteiger partial charge on any atom is -0.497 e. The summed E-state index contributed by atoms with van der Waals surface area (Å²) in [5, 5.41) is 0. The molecule has 4 aliphatic rings. The smallest absolute Gasteiger partial charge is 0.310 e. The molecule has 2 aliphatic heterocycles. The molecule has 2 saturated heterocycles. The van der Waals surface area contributed by atoms with Crippen LogP contribution in [0.5, 0.6) is 5.75 Å². The maximum absolute atomic E-state index is 13.1. The van der Waals surface area contributed by atoms with Crippen LogP contribution in [0, 0.1) is 23.7 Å². The Kier molecular flexibility index (Phi) is 3.62. The third-order valence-corrected chi connectivity index (χ3v) is 6.80. The molecule has 2 bridgehead atoms. The molecule has 2 heterocycles. The molecule has 6 heteroatoms. The number of piperazine rings is 1. The number of rotatable bonds is 3. The average molecular weight is 356 g/mol. The van der Waals surface area contributed by atoms with Crippen LogP contribution in [0.2, 0.25) is 0 Å². The molecule has 5 atom stereocenters. The first kappa shape index (κ1) is 16.0. The summed E-state index contributed by atoms with van der Waals surface area (Å²) in [6, 6.07) is 8.04. The van der Waals surface area contributed by atoms with Gasteiger partial charge < -0.3 is 19.3 Å². The quantitative estimate of drug-likeness (QED) is 0.769. The van der Waals surface area contributed by atoms with Crippen molar-refractivity contribution >= 4 is 17.6 Å².